The van der Waals surface area contributed by atoms with Crippen molar-refractivity contribution < 1.29 is 4.74 Å². The maximum atomic E-state index is 5.20. The molecule has 0 saturated heterocycles. The van der Waals surface area contributed by atoms with E-state index in [0.29, 0.717) is 0 Å². The largest absolute Gasteiger partial charge is 0.497 e. The quantitative estimate of drug-likeness (QED) is 0.796. The zero-order valence-corrected chi connectivity index (χ0v) is 14.0. The van der Waals surface area contributed by atoms with Crippen LogP contribution in [-0.2, 0) is 13.6 Å². The van der Waals surface area contributed by atoms with Gasteiger partial charge in [0.15, 0.2) is 0 Å². The lowest BCUT2D eigenvalue weighted by atomic mass is 10.2. The van der Waals surface area contributed by atoms with Crippen LogP contribution in [0.1, 0.15) is 24.6 Å². The van der Waals surface area contributed by atoms with Crippen LogP contribution in [0.2, 0.25) is 0 Å². The molecule has 0 unspecified atom stereocenters. The van der Waals surface area contributed by atoms with Crippen molar-refractivity contribution in [2.24, 2.45) is 7.05 Å². The van der Waals surface area contributed by atoms with Crippen molar-refractivity contribution >= 4 is 11.8 Å². The van der Waals surface area contributed by atoms with E-state index in [0.717, 1.165) is 31.0 Å². The Bertz CT molecular complexity index is 578. The maximum absolute atomic E-state index is 5.20. The summed E-state index contributed by atoms with van der Waals surface area (Å²) >= 11 is 1.74. The molecule has 0 atom stereocenters. The van der Waals surface area contributed by atoms with Gasteiger partial charge >= 0.3 is 0 Å². The lowest BCUT2D eigenvalue weighted by Gasteiger charge is -2.08. The van der Waals surface area contributed by atoms with Crippen LogP contribution in [0.15, 0.2) is 34.2 Å². The predicted octanol–water partition coefficient (Wildman–Crippen LogP) is 3.39. The minimum Gasteiger partial charge on any atom is -0.497 e. The summed E-state index contributed by atoms with van der Waals surface area (Å²) in [4.78, 5) is 1.19. The van der Waals surface area contributed by atoms with Gasteiger partial charge < -0.3 is 10.1 Å². The van der Waals surface area contributed by atoms with Gasteiger partial charge in [-0.05, 0) is 44.2 Å². The fraction of sp³-hybridized carbons (Fsp3) is 0.438. The second kappa shape index (κ2) is 7.52. The lowest BCUT2D eigenvalue weighted by molar-refractivity contribution is 0.414. The molecule has 114 valence electrons. The van der Waals surface area contributed by atoms with Crippen LogP contribution in [0.5, 0.6) is 5.75 Å². The molecule has 0 saturated carbocycles. The Balaban J connectivity index is 2.17. The van der Waals surface area contributed by atoms with Crippen LogP contribution in [-0.4, -0.2) is 23.4 Å². The van der Waals surface area contributed by atoms with Crippen molar-refractivity contribution in [3.63, 3.8) is 0 Å². The summed E-state index contributed by atoms with van der Waals surface area (Å²) in [6, 6.07) is 8.13. The van der Waals surface area contributed by atoms with Crippen LogP contribution >= 0.6 is 11.8 Å². The smallest absolute Gasteiger partial charge is 0.118 e. The van der Waals surface area contributed by atoms with Gasteiger partial charge in [0.1, 0.15) is 10.8 Å². The molecular formula is C16H23N3OS. The normalized spacial score (nSPS) is 10.9. The minimum absolute atomic E-state index is 0.867. The topological polar surface area (TPSA) is 39.1 Å². The van der Waals surface area contributed by atoms with Gasteiger partial charge in [0, 0.05) is 24.1 Å². The third-order valence-corrected chi connectivity index (χ3v) is 4.50. The average Bonchev–Trinajstić information content (AvgIpc) is 2.75. The van der Waals surface area contributed by atoms with Gasteiger partial charge in [-0.1, -0.05) is 18.7 Å². The number of ether oxygens (including phenoxy) is 1. The van der Waals surface area contributed by atoms with Crippen molar-refractivity contribution in [3.05, 3.63) is 35.5 Å². The molecule has 2 rings (SSSR count). The zero-order chi connectivity index (χ0) is 15.2. The first kappa shape index (κ1) is 15.9. The molecule has 4 nitrogen and oxygen atoms in total. The van der Waals surface area contributed by atoms with Crippen LogP contribution < -0.4 is 10.1 Å². The van der Waals surface area contributed by atoms with Crippen LogP contribution in [0.25, 0.3) is 0 Å². The predicted molar refractivity (Wildman–Crippen MR) is 87.1 cm³/mol. The Morgan fingerprint density at radius 2 is 2.00 bits per heavy atom. The molecule has 0 aliphatic carbocycles. The van der Waals surface area contributed by atoms with Crippen molar-refractivity contribution in [1.82, 2.24) is 15.1 Å². The van der Waals surface area contributed by atoms with E-state index in [1.165, 1.54) is 15.5 Å². The molecule has 0 amide bonds. The Morgan fingerprint density at radius 3 is 2.62 bits per heavy atom. The molecule has 0 spiro atoms. The summed E-state index contributed by atoms with van der Waals surface area (Å²) in [5.74, 6) is 0.880. The first-order chi connectivity index (χ1) is 10.2. The highest BCUT2D eigenvalue weighted by Gasteiger charge is 2.14. The van der Waals surface area contributed by atoms with E-state index in [1.54, 1.807) is 18.9 Å². The second-order valence-electron chi connectivity index (χ2n) is 4.95. The molecule has 0 radical (unpaired) electrons. The van der Waals surface area contributed by atoms with Crippen molar-refractivity contribution in [2.45, 2.75) is 36.7 Å². The number of nitrogens with zero attached hydrogens (tertiary/aromatic N) is 2. The molecule has 1 aromatic carbocycles. The van der Waals surface area contributed by atoms with Gasteiger partial charge in [0.05, 0.1) is 12.8 Å². The number of hydrogen-bond acceptors (Lipinski definition) is 4. The fourth-order valence-electron chi connectivity index (χ4n) is 2.16. The summed E-state index contributed by atoms with van der Waals surface area (Å²) in [6.45, 7) is 6.14. The fourth-order valence-corrected chi connectivity index (χ4v) is 3.17. The number of methoxy groups -OCH3 is 1. The van der Waals surface area contributed by atoms with Crippen molar-refractivity contribution in [3.8, 4) is 5.75 Å². The van der Waals surface area contributed by atoms with Gasteiger partial charge in [-0.3, -0.25) is 4.68 Å². The summed E-state index contributed by atoms with van der Waals surface area (Å²) in [5, 5.41) is 9.21. The monoisotopic (exact) mass is 305 g/mol. The van der Waals surface area contributed by atoms with Crippen molar-refractivity contribution in [1.29, 1.82) is 0 Å². The number of rotatable bonds is 7. The third kappa shape index (κ3) is 4.02. The summed E-state index contributed by atoms with van der Waals surface area (Å²) in [5.41, 5.74) is 2.38. The summed E-state index contributed by atoms with van der Waals surface area (Å²) in [7, 11) is 3.69. The van der Waals surface area contributed by atoms with E-state index in [9.17, 15) is 0 Å². The SMILES string of the molecule is CCCNCc1c(C)nn(C)c1Sc1ccc(OC)cc1. The van der Waals surface area contributed by atoms with Crippen LogP contribution in [0.3, 0.4) is 0 Å². The standard InChI is InChI=1S/C16H23N3OS/c1-5-10-17-11-15-12(2)18-19(3)16(15)21-14-8-6-13(20-4)7-9-14/h6-9,17H,5,10-11H2,1-4H3. The van der Waals surface area contributed by atoms with E-state index in [1.807, 2.05) is 23.9 Å². The number of benzene rings is 1. The molecule has 1 heterocycles. The first-order valence-corrected chi connectivity index (χ1v) is 8.02. The van der Waals surface area contributed by atoms with Gasteiger partial charge in [0.25, 0.3) is 0 Å². The number of aryl methyl sites for hydroxylation is 2. The van der Waals surface area contributed by atoms with E-state index in [4.69, 9.17) is 4.74 Å². The Hall–Kier alpha value is -1.46. The van der Waals surface area contributed by atoms with E-state index in [-0.39, 0.29) is 0 Å². The second-order valence-corrected chi connectivity index (χ2v) is 6.01. The number of hydrogen-bond donors (Lipinski definition) is 1. The molecular weight excluding hydrogens is 282 g/mol. The maximum Gasteiger partial charge on any atom is 0.118 e. The van der Waals surface area contributed by atoms with E-state index < -0.39 is 0 Å². The van der Waals surface area contributed by atoms with Gasteiger partial charge in [-0.15, -0.1) is 0 Å². The molecule has 5 heteroatoms. The molecule has 2 aromatic rings. The highest BCUT2D eigenvalue weighted by molar-refractivity contribution is 7.99. The van der Waals surface area contributed by atoms with Gasteiger partial charge in [0.2, 0.25) is 0 Å². The average molecular weight is 305 g/mol. The summed E-state index contributed by atoms with van der Waals surface area (Å²) in [6.07, 6.45) is 1.14. The zero-order valence-electron chi connectivity index (χ0n) is 13.1. The molecule has 0 bridgehead atoms. The highest BCUT2D eigenvalue weighted by atomic mass is 32.2. The Labute approximate surface area is 130 Å². The molecule has 21 heavy (non-hydrogen) atoms. The molecule has 0 aliphatic rings. The minimum atomic E-state index is 0.867. The number of aromatic nitrogens is 2. The molecule has 0 aliphatic heterocycles. The van der Waals surface area contributed by atoms with E-state index in [2.05, 4.69) is 36.4 Å². The third-order valence-electron chi connectivity index (χ3n) is 3.29. The molecule has 1 N–H and O–H groups in total. The molecule has 0 fully saturated rings. The molecule has 1 aromatic heterocycles. The summed E-state index contributed by atoms with van der Waals surface area (Å²) < 4.78 is 7.17. The highest BCUT2D eigenvalue weighted by Crippen LogP contribution is 2.32. The lowest BCUT2D eigenvalue weighted by Crippen LogP contribution is -2.14. The van der Waals surface area contributed by atoms with Crippen LogP contribution in [0.4, 0.5) is 0 Å². The van der Waals surface area contributed by atoms with Gasteiger partial charge in [-0.2, -0.15) is 5.10 Å². The van der Waals surface area contributed by atoms with Crippen LogP contribution in [0, 0.1) is 6.92 Å². The van der Waals surface area contributed by atoms with E-state index >= 15 is 0 Å². The number of nitrogens with one attached hydrogen (secondary N) is 1. The Kier molecular flexibility index (Phi) is 5.70. The first-order valence-electron chi connectivity index (χ1n) is 7.20. The van der Waals surface area contributed by atoms with Gasteiger partial charge in [-0.25, -0.2) is 0 Å². The Morgan fingerprint density at radius 1 is 1.29 bits per heavy atom. The van der Waals surface area contributed by atoms with Crippen molar-refractivity contribution in [2.75, 3.05) is 13.7 Å².